The second kappa shape index (κ2) is 8.33. The van der Waals surface area contributed by atoms with Gasteiger partial charge in [-0.3, -0.25) is 0 Å². The summed E-state index contributed by atoms with van der Waals surface area (Å²) in [5.41, 5.74) is 4.64. The van der Waals surface area contributed by atoms with Crippen molar-refractivity contribution < 1.29 is 0 Å². The normalized spacial score (nSPS) is 10.8. The van der Waals surface area contributed by atoms with Gasteiger partial charge in [-0.1, -0.05) is 52.2 Å². The highest BCUT2D eigenvalue weighted by molar-refractivity contribution is 5.35. The molecule has 0 amide bonds. The summed E-state index contributed by atoms with van der Waals surface area (Å²) in [5.74, 6) is 0. The number of benzene rings is 1. The SMILES string of the molecule is CCCCCc1[c]ccc(CC)c1CCCC. The molecule has 0 nitrogen and oxygen atoms in total. The summed E-state index contributed by atoms with van der Waals surface area (Å²) in [7, 11) is 0. The van der Waals surface area contributed by atoms with E-state index < -0.39 is 0 Å². The predicted molar refractivity (Wildman–Crippen MR) is 76.5 cm³/mol. The van der Waals surface area contributed by atoms with Gasteiger partial charge < -0.3 is 0 Å². The average Bonchev–Trinajstić information content (AvgIpc) is 2.37. The van der Waals surface area contributed by atoms with Gasteiger partial charge in [0.25, 0.3) is 0 Å². The van der Waals surface area contributed by atoms with E-state index in [0.29, 0.717) is 0 Å². The summed E-state index contributed by atoms with van der Waals surface area (Å²) in [5, 5.41) is 0. The Morgan fingerprint density at radius 3 is 2.35 bits per heavy atom. The fourth-order valence-corrected chi connectivity index (χ4v) is 2.40. The third-order valence-electron chi connectivity index (χ3n) is 3.49. The maximum atomic E-state index is 3.48. The minimum atomic E-state index is 1.16. The van der Waals surface area contributed by atoms with Gasteiger partial charge in [-0.15, -0.1) is 0 Å². The minimum absolute atomic E-state index is 1.16. The standard InChI is InChI=1S/C17H27/c1-4-7-9-11-16-13-10-12-15(6-3)17(16)14-8-5-2/h10,12H,4-9,11,14H2,1-3H3. The van der Waals surface area contributed by atoms with Crippen molar-refractivity contribution in [2.75, 3.05) is 0 Å². The topological polar surface area (TPSA) is 0 Å². The Kier molecular flexibility index (Phi) is 7.00. The van der Waals surface area contributed by atoms with E-state index in [1.807, 2.05) is 0 Å². The molecule has 1 aromatic rings. The Balaban J connectivity index is 2.77. The first-order valence-electron chi connectivity index (χ1n) is 7.34. The molecule has 0 aliphatic carbocycles. The molecule has 0 heterocycles. The van der Waals surface area contributed by atoms with Crippen molar-refractivity contribution in [1.82, 2.24) is 0 Å². The number of aryl methyl sites for hydroxylation is 2. The van der Waals surface area contributed by atoms with Crippen LogP contribution in [0.3, 0.4) is 0 Å². The molecule has 0 aromatic heterocycles. The van der Waals surface area contributed by atoms with E-state index in [1.54, 1.807) is 11.1 Å². The van der Waals surface area contributed by atoms with Crippen LogP contribution < -0.4 is 0 Å². The van der Waals surface area contributed by atoms with E-state index in [9.17, 15) is 0 Å². The molecule has 1 rings (SSSR count). The van der Waals surface area contributed by atoms with Crippen LogP contribution in [-0.4, -0.2) is 0 Å². The summed E-state index contributed by atoms with van der Waals surface area (Å²) in [4.78, 5) is 0. The van der Waals surface area contributed by atoms with E-state index in [2.05, 4.69) is 39.0 Å². The third kappa shape index (κ3) is 4.53. The van der Waals surface area contributed by atoms with Crippen molar-refractivity contribution in [2.24, 2.45) is 0 Å². The first-order valence-corrected chi connectivity index (χ1v) is 7.34. The molecule has 0 heteroatoms. The van der Waals surface area contributed by atoms with Crippen molar-refractivity contribution in [2.45, 2.75) is 72.1 Å². The smallest absolute Gasteiger partial charge is 0.0146 e. The highest BCUT2D eigenvalue weighted by Gasteiger charge is 2.06. The molecule has 1 radical (unpaired) electrons. The van der Waals surface area contributed by atoms with E-state index in [-0.39, 0.29) is 0 Å². The zero-order valence-electron chi connectivity index (χ0n) is 11.8. The Bertz CT molecular complexity index is 312. The van der Waals surface area contributed by atoms with Crippen LogP contribution in [0.15, 0.2) is 12.1 Å². The van der Waals surface area contributed by atoms with Gasteiger partial charge in [0.1, 0.15) is 0 Å². The van der Waals surface area contributed by atoms with Gasteiger partial charge in [0.05, 0.1) is 0 Å². The van der Waals surface area contributed by atoms with Crippen LogP contribution in [0.25, 0.3) is 0 Å². The van der Waals surface area contributed by atoms with Crippen LogP contribution in [0.5, 0.6) is 0 Å². The van der Waals surface area contributed by atoms with Crippen LogP contribution in [0.2, 0.25) is 0 Å². The molecule has 0 bridgehead atoms. The monoisotopic (exact) mass is 231 g/mol. The van der Waals surface area contributed by atoms with Crippen LogP contribution in [0.1, 0.15) is 69.6 Å². The highest BCUT2D eigenvalue weighted by Crippen LogP contribution is 2.20. The Labute approximate surface area is 107 Å². The highest BCUT2D eigenvalue weighted by atomic mass is 14.1. The zero-order valence-corrected chi connectivity index (χ0v) is 11.8. The number of unbranched alkanes of at least 4 members (excludes halogenated alkanes) is 3. The van der Waals surface area contributed by atoms with Crippen molar-refractivity contribution in [3.63, 3.8) is 0 Å². The molecule has 0 saturated heterocycles. The van der Waals surface area contributed by atoms with E-state index in [1.165, 1.54) is 50.5 Å². The van der Waals surface area contributed by atoms with Crippen LogP contribution in [-0.2, 0) is 19.3 Å². The van der Waals surface area contributed by atoms with Gasteiger partial charge in [0.15, 0.2) is 0 Å². The maximum Gasteiger partial charge on any atom is -0.0146 e. The Morgan fingerprint density at radius 1 is 0.941 bits per heavy atom. The lowest BCUT2D eigenvalue weighted by Crippen LogP contribution is -2.00. The second-order valence-corrected chi connectivity index (χ2v) is 4.87. The quantitative estimate of drug-likeness (QED) is 0.544. The molecule has 0 N–H and O–H groups in total. The van der Waals surface area contributed by atoms with Gasteiger partial charge in [-0.25, -0.2) is 0 Å². The molecule has 17 heavy (non-hydrogen) atoms. The first kappa shape index (κ1) is 14.3. The van der Waals surface area contributed by atoms with Crippen molar-refractivity contribution >= 4 is 0 Å². The number of rotatable bonds is 8. The largest absolute Gasteiger partial charge is 0.0654 e. The first-order chi connectivity index (χ1) is 8.33. The van der Waals surface area contributed by atoms with Crippen LogP contribution in [0.4, 0.5) is 0 Å². The number of hydrogen-bond acceptors (Lipinski definition) is 0. The maximum absolute atomic E-state index is 3.48. The van der Waals surface area contributed by atoms with Gasteiger partial charge in [0.2, 0.25) is 0 Å². The lowest BCUT2D eigenvalue weighted by Gasteiger charge is -2.13. The molecular formula is C17H27. The van der Waals surface area contributed by atoms with Crippen LogP contribution in [0, 0.1) is 6.07 Å². The predicted octanol–water partition coefficient (Wildman–Crippen LogP) is 5.12. The fraction of sp³-hybridized carbons (Fsp3) is 0.647. The third-order valence-corrected chi connectivity index (χ3v) is 3.49. The minimum Gasteiger partial charge on any atom is -0.0654 e. The lowest BCUT2D eigenvalue weighted by molar-refractivity contribution is 0.704. The Hall–Kier alpha value is -0.780. The van der Waals surface area contributed by atoms with E-state index >= 15 is 0 Å². The lowest BCUT2D eigenvalue weighted by atomic mass is 9.92. The summed E-state index contributed by atoms with van der Waals surface area (Å²) in [6.45, 7) is 6.81. The average molecular weight is 231 g/mol. The molecule has 0 saturated carbocycles. The molecule has 0 aliphatic heterocycles. The van der Waals surface area contributed by atoms with Gasteiger partial charge in [-0.05, 0) is 54.9 Å². The molecule has 0 fully saturated rings. The van der Waals surface area contributed by atoms with E-state index in [4.69, 9.17) is 0 Å². The summed E-state index contributed by atoms with van der Waals surface area (Å²) < 4.78 is 0. The summed E-state index contributed by atoms with van der Waals surface area (Å²) in [6, 6.07) is 7.86. The molecule has 1 aromatic carbocycles. The fourth-order valence-electron chi connectivity index (χ4n) is 2.40. The van der Waals surface area contributed by atoms with Crippen molar-refractivity contribution in [1.29, 1.82) is 0 Å². The molecule has 0 aliphatic rings. The molecule has 95 valence electrons. The summed E-state index contributed by atoms with van der Waals surface area (Å²) in [6.07, 6.45) is 10.2. The van der Waals surface area contributed by atoms with Crippen molar-refractivity contribution in [3.05, 3.63) is 34.9 Å². The van der Waals surface area contributed by atoms with Crippen LogP contribution >= 0.6 is 0 Å². The summed E-state index contributed by atoms with van der Waals surface area (Å²) >= 11 is 0. The second-order valence-electron chi connectivity index (χ2n) is 4.87. The van der Waals surface area contributed by atoms with Gasteiger partial charge in [0, 0.05) is 0 Å². The molecule has 0 atom stereocenters. The van der Waals surface area contributed by atoms with Gasteiger partial charge in [-0.2, -0.15) is 0 Å². The zero-order chi connectivity index (χ0) is 12.5. The Morgan fingerprint density at radius 2 is 1.71 bits per heavy atom. The molecule has 0 unspecified atom stereocenters. The van der Waals surface area contributed by atoms with Gasteiger partial charge >= 0.3 is 0 Å². The molecule has 0 spiro atoms. The van der Waals surface area contributed by atoms with Crippen molar-refractivity contribution in [3.8, 4) is 0 Å². The number of hydrogen-bond donors (Lipinski definition) is 0. The van der Waals surface area contributed by atoms with E-state index in [0.717, 1.165) is 6.42 Å². The molecular weight excluding hydrogens is 204 g/mol.